The quantitative estimate of drug-likeness (QED) is 0.284. The van der Waals surface area contributed by atoms with Gasteiger partial charge in [0.1, 0.15) is 52.7 Å². The zero-order valence-corrected chi connectivity index (χ0v) is 22.2. The largest absolute Gasteiger partial charge is 0.489 e. The average Bonchev–Trinajstić information content (AvgIpc) is 3.33. The highest BCUT2D eigenvalue weighted by atomic mass is 19.1. The van der Waals surface area contributed by atoms with E-state index < -0.39 is 5.82 Å². The maximum Gasteiger partial charge on any atom is 0.149 e. The van der Waals surface area contributed by atoms with Crippen LogP contribution in [0.3, 0.4) is 0 Å². The second-order valence-electron chi connectivity index (χ2n) is 9.94. The Bertz CT molecular complexity index is 1610. The zero-order valence-electron chi connectivity index (χ0n) is 22.2. The number of nitrogens with one attached hydrogen (secondary N) is 1. The third kappa shape index (κ3) is 5.72. The SMILES string of the molecule is Cc1ncc(COc2cc(F)cc(Oc3ccc(Cc4nc(C5CCNCC5)n5ccnc(N)c45)cc3)c2)cn1. The van der Waals surface area contributed by atoms with Crippen LogP contribution in [-0.2, 0) is 13.0 Å². The highest BCUT2D eigenvalue weighted by Gasteiger charge is 2.23. The summed E-state index contributed by atoms with van der Waals surface area (Å²) in [5, 5.41) is 3.42. The van der Waals surface area contributed by atoms with Gasteiger partial charge in [0.2, 0.25) is 0 Å². The summed E-state index contributed by atoms with van der Waals surface area (Å²) in [7, 11) is 0. The number of imidazole rings is 1. The number of hydrogen-bond acceptors (Lipinski definition) is 8. The third-order valence-electron chi connectivity index (χ3n) is 7.00. The van der Waals surface area contributed by atoms with Gasteiger partial charge in [-0.15, -0.1) is 0 Å². The van der Waals surface area contributed by atoms with Gasteiger partial charge in [-0.1, -0.05) is 12.1 Å². The minimum atomic E-state index is -0.452. The second kappa shape index (κ2) is 11.3. The number of fused-ring (bicyclic) bond motifs is 1. The molecule has 3 N–H and O–H groups in total. The smallest absolute Gasteiger partial charge is 0.149 e. The molecule has 2 aromatic carbocycles. The van der Waals surface area contributed by atoms with Crippen LogP contribution in [0.25, 0.3) is 5.52 Å². The number of nitrogen functional groups attached to an aromatic ring is 1. The van der Waals surface area contributed by atoms with Crippen LogP contribution >= 0.6 is 0 Å². The number of nitrogens with two attached hydrogens (primary N) is 1. The summed E-state index contributed by atoms with van der Waals surface area (Å²) in [6, 6.07) is 12.0. The lowest BCUT2D eigenvalue weighted by Crippen LogP contribution is -2.27. The predicted octanol–water partition coefficient (Wildman–Crippen LogP) is 4.98. The van der Waals surface area contributed by atoms with Crippen molar-refractivity contribution in [3.8, 4) is 17.2 Å². The van der Waals surface area contributed by atoms with Crippen LogP contribution in [0.4, 0.5) is 10.2 Å². The highest BCUT2D eigenvalue weighted by molar-refractivity contribution is 5.70. The summed E-state index contributed by atoms with van der Waals surface area (Å²) < 4.78 is 28.1. The van der Waals surface area contributed by atoms with E-state index in [1.54, 1.807) is 24.7 Å². The molecular weight excluding hydrogens is 509 g/mol. The van der Waals surface area contributed by atoms with Gasteiger partial charge in [-0.05, 0) is 50.6 Å². The van der Waals surface area contributed by atoms with Crippen molar-refractivity contribution >= 4 is 11.3 Å². The monoisotopic (exact) mass is 539 g/mol. The first kappa shape index (κ1) is 25.7. The molecule has 1 saturated heterocycles. The molecule has 6 rings (SSSR count). The first-order valence-electron chi connectivity index (χ1n) is 13.3. The Morgan fingerprint density at radius 1 is 0.975 bits per heavy atom. The second-order valence-corrected chi connectivity index (χ2v) is 9.94. The first-order valence-corrected chi connectivity index (χ1v) is 13.3. The summed E-state index contributed by atoms with van der Waals surface area (Å²) in [4.78, 5) is 17.7. The van der Waals surface area contributed by atoms with Gasteiger partial charge in [0.25, 0.3) is 0 Å². The van der Waals surface area contributed by atoms with E-state index in [0.29, 0.717) is 41.2 Å². The number of rotatable bonds is 8. The van der Waals surface area contributed by atoms with Crippen LogP contribution < -0.4 is 20.5 Å². The van der Waals surface area contributed by atoms with Crippen LogP contribution in [0, 0.1) is 12.7 Å². The summed E-state index contributed by atoms with van der Waals surface area (Å²) in [5.41, 5.74) is 9.90. The van der Waals surface area contributed by atoms with E-state index in [-0.39, 0.29) is 6.61 Å². The maximum absolute atomic E-state index is 14.3. The predicted molar refractivity (Wildman–Crippen MR) is 149 cm³/mol. The molecule has 3 aromatic heterocycles. The van der Waals surface area contributed by atoms with Crippen molar-refractivity contribution < 1.29 is 13.9 Å². The van der Waals surface area contributed by atoms with Gasteiger partial charge in [0.05, 0.1) is 5.69 Å². The standard InChI is InChI=1S/C30H30FN7O2/c1-19-35-16-21(17-36-19)18-39-25-13-23(31)14-26(15-25)40-24-4-2-20(3-5-24)12-27-28-29(32)34-10-11-38(28)30(37-27)22-6-8-33-9-7-22/h2-5,10-11,13-17,22,33H,6-9,12,18H2,1H3,(H2,32,34). The Balaban J connectivity index is 1.16. The molecule has 5 aromatic rings. The van der Waals surface area contributed by atoms with Gasteiger partial charge in [-0.3, -0.25) is 4.40 Å². The minimum absolute atomic E-state index is 0.222. The first-order chi connectivity index (χ1) is 19.5. The lowest BCUT2D eigenvalue weighted by Gasteiger charge is -2.21. The topological polar surface area (TPSA) is 112 Å². The molecule has 9 nitrogen and oxygen atoms in total. The van der Waals surface area contributed by atoms with E-state index in [4.69, 9.17) is 20.2 Å². The number of ether oxygens (including phenoxy) is 2. The Hall–Kier alpha value is -4.57. The maximum atomic E-state index is 14.3. The van der Waals surface area contributed by atoms with Crippen molar-refractivity contribution in [2.45, 2.75) is 38.7 Å². The number of benzene rings is 2. The molecule has 0 bridgehead atoms. The molecule has 4 heterocycles. The van der Waals surface area contributed by atoms with Crippen molar-refractivity contribution in [1.29, 1.82) is 0 Å². The number of nitrogens with zero attached hydrogens (tertiary/aromatic N) is 5. The van der Waals surface area contributed by atoms with Crippen LogP contribution in [0.5, 0.6) is 17.2 Å². The molecule has 1 fully saturated rings. The van der Waals surface area contributed by atoms with Gasteiger partial charge in [-0.2, -0.15) is 0 Å². The Morgan fingerprint density at radius 2 is 1.73 bits per heavy atom. The zero-order chi connectivity index (χ0) is 27.5. The van der Waals surface area contributed by atoms with E-state index in [9.17, 15) is 4.39 Å². The molecule has 1 aliphatic rings. The molecule has 0 atom stereocenters. The van der Waals surface area contributed by atoms with E-state index in [1.807, 2.05) is 37.4 Å². The third-order valence-corrected chi connectivity index (χ3v) is 7.00. The van der Waals surface area contributed by atoms with E-state index in [0.717, 1.165) is 54.1 Å². The lowest BCUT2D eigenvalue weighted by molar-refractivity contribution is 0.301. The molecule has 0 saturated carbocycles. The molecule has 0 amide bonds. The van der Waals surface area contributed by atoms with Gasteiger partial charge in [0, 0.05) is 60.9 Å². The Kier molecular flexibility index (Phi) is 7.24. The van der Waals surface area contributed by atoms with Crippen molar-refractivity contribution in [2.75, 3.05) is 18.8 Å². The molecule has 0 spiro atoms. The van der Waals surface area contributed by atoms with E-state index in [1.165, 1.54) is 12.1 Å². The average molecular weight is 540 g/mol. The molecule has 0 aliphatic carbocycles. The number of hydrogen-bond donors (Lipinski definition) is 2. The summed E-state index contributed by atoms with van der Waals surface area (Å²) >= 11 is 0. The van der Waals surface area contributed by atoms with Crippen molar-refractivity contribution in [2.24, 2.45) is 0 Å². The highest BCUT2D eigenvalue weighted by Crippen LogP contribution is 2.31. The van der Waals surface area contributed by atoms with Crippen molar-refractivity contribution in [3.05, 3.63) is 102 Å². The van der Waals surface area contributed by atoms with Crippen molar-refractivity contribution in [1.82, 2.24) is 29.7 Å². The van der Waals surface area contributed by atoms with Gasteiger partial charge in [0.15, 0.2) is 0 Å². The van der Waals surface area contributed by atoms with Gasteiger partial charge < -0.3 is 20.5 Å². The van der Waals surface area contributed by atoms with Crippen LogP contribution in [0.15, 0.2) is 67.3 Å². The van der Waals surface area contributed by atoms with E-state index >= 15 is 0 Å². The van der Waals surface area contributed by atoms with Crippen molar-refractivity contribution in [3.63, 3.8) is 0 Å². The summed E-state index contributed by atoms with van der Waals surface area (Å²) in [6.07, 6.45) is 9.73. The lowest BCUT2D eigenvalue weighted by atomic mass is 9.97. The Morgan fingerprint density at radius 3 is 2.50 bits per heavy atom. The Labute approximate surface area is 231 Å². The molecule has 204 valence electrons. The number of piperidine rings is 1. The van der Waals surface area contributed by atoms with Gasteiger partial charge in [-0.25, -0.2) is 24.3 Å². The van der Waals surface area contributed by atoms with Gasteiger partial charge >= 0.3 is 0 Å². The minimum Gasteiger partial charge on any atom is -0.489 e. The number of halogens is 1. The molecular formula is C30H30FN7O2. The van der Waals surface area contributed by atoms with Crippen LogP contribution in [0.2, 0.25) is 0 Å². The fraction of sp³-hybridized carbons (Fsp3) is 0.267. The fourth-order valence-electron chi connectivity index (χ4n) is 5.00. The van der Waals surface area contributed by atoms with E-state index in [2.05, 4.69) is 24.7 Å². The number of anilines is 1. The van der Waals surface area contributed by atoms with Crippen LogP contribution in [0.1, 0.15) is 47.2 Å². The normalized spacial score (nSPS) is 13.9. The molecule has 40 heavy (non-hydrogen) atoms. The molecule has 0 radical (unpaired) electrons. The molecule has 10 heteroatoms. The summed E-state index contributed by atoms with van der Waals surface area (Å²) in [5.74, 6) is 3.40. The van der Waals surface area contributed by atoms with Crippen LogP contribution in [-0.4, -0.2) is 37.4 Å². The number of aryl methyl sites for hydroxylation is 1. The fourth-order valence-corrected chi connectivity index (χ4v) is 5.00. The molecule has 0 unspecified atom stereocenters. The summed E-state index contributed by atoms with van der Waals surface area (Å²) in [6.45, 7) is 4.00. The number of aromatic nitrogens is 5. The molecule has 1 aliphatic heterocycles.